The van der Waals surface area contributed by atoms with Crippen molar-refractivity contribution in [3.05, 3.63) is 35.9 Å². The molecule has 0 amide bonds. The maximum Gasteiger partial charge on any atom is 0.331 e. The van der Waals surface area contributed by atoms with Crippen LogP contribution < -0.4 is 5.32 Å². The maximum absolute atomic E-state index is 11.8. The lowest BCUT2D eigenvalue weighted by molar-refractivity contribution is -0.149. The Hall–Kier alpha value is -1.39. The third kappa shape index (κ3) is 4.04. The van der Waals surface area contributed by atoms with Crippen LogP contribution in [0.15, 0.2) is 30.3 Å². The Balaban J connectivity index is 3.07. The number of carboxylic acid groups (broad SMARTS) is 1. The van der Waals surface area contributed by atoms with Crippen molar-refractivity contribution in [1.82, 2.24) is 5.32 Å². The minimum atomic E-state index is -1.18. The van der Waals surface area contributed by atoms with Crippen LogP contribution in [-0.2, 0) is 15.1 Å². The van der Waals surface area contributed by atoms with E-state index < -0.39 is 11.5 Å². The quantitative estimate of drug-likeness (QED) is 0.757. The highest BCUT2D eigenvalue weighted by Crippen LogP contribution is 2.23. The molecule has 0 spiro atoms. The molecule has 0 saturated heterocycles. The highest BCUT2D eigenvalue weighted by Gasteiger charge is 2.40. The van der Waals surface area contributed by atoms with Gasteiger partial charge in [0.1, 0.15) is 0 Å². The number of carboxylic acids is 1. The first-order valence-corrected chi connectivity index (χ1v) is 6.68. The van der Waals surface area contributed by atoms with Gasteiger partial charge in [-0.2, -0.15) is 0 Å². The number of aliphatic carboxylic acids is 1. The zero-order valence-electron chi connectivity index (χ0n) is 11.8. The number of rotatable bonds is 8. The fraction of sp³-hybridized carbons (Fsp3) is 0.533. The first-order chi connectivity index (χ1) is 9.03. The van der Waals surface area contributed by atoms with Gasteiger partial charge >= 0.3 is 5.97 Å². The van der Waals surface area contributed by atoms with E-state index in [9.17, 15) is 9.90 Å². The number of carbonyl (C=O) groups is 1. The average molecular weight is 265 g/mol. The van der Waals surface area contributed by atoms with Gasteiger partial charge in [-0.15, -0.1) is 0 Å². The summed E-state index contributed by atoms with van der Waals surface area (Å²) in [7, 11) is 0. The highest BCUT2D eigenvalue weighted by atomic mass is 16.5. The van der Waals surface area contributed by atoms with Crippen LogP contribution in [0.4, 0.5) is 0 Å². The predicted molar refractivity (Wildman–Crippen MR) is 75.1 cm³/mol. The van der Waals surface area contributed by atoms with E-state index >= 15 is 0 Å². The fourth-order valence-electron chi connectivity index (χ4n) is 1.85. The minimum Gasteiger partial charge on any atom is -0.480 e. The molecule has 2 N–H and O–H groups in total. The van der Waals surface area contributed by atoms with Crippen molar-refractivity contribution in [3.8, 4) is 0 Å². The molecule has 0 radical (unpaired) electrons. The summed E-state index contributed by atoms with van der Waals surface area (Å²) >= 11 is 0. The molecule has 0 aliphatic heterocycles. The second-order valence-corrected chi connectivity index (χ2v) is 4.86. The standard InChI is InChI=1S/C15H23NO3/c1-4-10-16-15(14(17)18,11-19-12(2)3)13-8-6-5-7-9-13/h5-9,12,16H,4,10-11H2,1-3H3,(H,17,18). The highest BCUT2D eigenvalue weighted by molar-refractivity contribution is 5.81. The molecular weight excluding hydrogens is 242 g/mol. The van der Waals surface area contributed by atoms with Crippen LogP contribution in [0.3, 0.4) is 0 Å². The third-order valence-electron chi connectivity index (χ3n) is 2.94. The zero-order valence-corrected chi connectivity index (χ0v) is 11.8. The molecule has 19 heavy (non-hydrogen) atoms. The lowest BCUT2D eigenvalue weighted by atomic mass is 9.90. The van der Waals surface area contributed by atoms with Crippen molar-refractivity contribution >= 4 is 5.97 Å². The van der Waals surface area contributed by atoms with Gasteiger partial charge < -0.3 is 9.84 Å². The van der Waals surface area contributed by atoms with Gasteiger partial charge in [0.25, 0.3) is 0 Å². The maximum atomic E-state index is 11.8. The van der Waals surface area contributed by atoms with Gasteiger partial charge in [0, 0.05) is 0 Å². The normalized spacial score (nSPS) is 14.3. The van der Waals surface area contributed by atoms with E-state index in [1.165, 1.54) is 0 Å². The van der Waals surface area contributed by atoms with Gasteiger partial charge in [-0.25, -0.2) is 4.79 Å². The van der Waals surface area contributed by atoms with Crippen LogP contribution in [-0.4, -0.2) is 30.3 Å². The van der Waals surface area contributed by atoms with E-state index in [4.69, 9.17) is 4.74 Å². The second-order valence-electron chi connectivity index (χ2n) is 4.86. The molecule has 0 heterocycles. The molecule has 0 aromatic heterocycles. The Morgan fingerprint density at radius 2 is 2.00 bits per heavy atom. The third-order valence-corrected chi connectivity index (χ3v) is 2.94. The van der Waals surface area contributed by atoms with Crippen LogP contribution in [0, 0.1) is 0 Å². The van der Waals surface area contributed by atoms with E-state index in [0.717, 1.165) is 12.0 Å². The SMILES string of the molecule is CCCNC(COC(C)C)(C(=O)O)c1ccccc1. The molecule has 1 rings (SSSR count). The van der Waals surface area contributed by atoms with E-state index in [2.05, 4.69) is 5.32 Å². The Bertz CT molecular complexity index is 392. The van der Waals surface area contributed by atoms with E-state index in [0.29, 0.717) is 6.54 Å². The molecule has 0 saturated carbocycles. The van der Waals surface area contributed by atoms with Gasteiger partial charge in [0.15, 0.2) is 5.54 Å². The molecule has 0 aliphatic rings. The molecule has 0 fully saturated rings. The van der Waals surface area contributed by atoms with Gasteiger partial charge in [0.2, 0.25) is 0 Å². The molecule has 106 valence electrons. The summed E-state index contributed by atoms with van der Waals surface area (Å²) in [4.78, 5) is 11.8. The summed E-state index contributed by atoms with van der Waals surface area (Å²) in [6.45, 7) is 6.55. The zero-order chi connectivity index (χ0) is 14.3. The largest absolute Gasteiger partial charge is 0.480 e. The number of hydrogen-bond acceptors (Lipinski definition) is 3. The minimum absolute atomic E-state index is 0.00846. The van der Waals surface area contributed by atoms with Crippen molar-refractivity contribution in [1.29, 1.82) is 0 Å². The van der Waals surface area contributed by atoms with E-state index in [1.807, 2.05) is 51.1 Å². The van der Waals surface area contributed by atoms with Crippen LogP contribution in [0.25, 0.3) is 0 Å². The number of nitrogens with one attached hydrogen (secondary N) is 1. The van der Waals surface area contributed by atoms with Crippen LogP contribution in [0.2, 0.25) is 0 Å². The van der Waals surface area contributed by atoms with Gasteiger partial charge in [0.05, 0.1) is 12.7 Å². The molecule has 4 heteroatoms. The molecule has 4 nitrogen and oxygen atoms in total. The van der Waals surface area contributed by atoms with Crippen LogP contribution >= 0.6 is 0 Å². The van der Waals surface area contributed by atoms with Crippen molar-refractivity contribution in [2.75, 3.05) is 13.2 Å². The average Bonchev–Trinajstić information content (AvgIpc) is 2.39. The fourth-order valence-corrected chi connectivity index (χ4v) is 1.85. The molecule has 1 aromatic carbocycles. The van der Waals surface area contributed by atoms with Crippen molar-refractivity contribution in [2.24, 2.45) is 0 Å². The first-order valence-electron chi connectivity index (χ1n) is 6.68. The Morgan fingerprint density at radius 1 is 1.37 bits per heavy atom. The van der Waals surface area contributed by atoms with Gasteiger partial charge in [-0.3, -0.25) is 5.32 Å². The topological polar surface area (TPSA) is 58.6 Å². The van der Waals surface area contributed by atoms with Crippen molar-refractivity contribution in [3.63, 3.8) is 0 Å². The molecular formula is C15H23NO3. The summed E-state index contributed by atoms with van der Waals surface area (Å²) in [5.41, 5.74) is -0.460. The summed E-state index contributed by atoms with van der Waals surface area (Å²) < 4.78 is 5.58. The lowest BCUT2D eigenvalue weighted by Crippen LogP contribution is -2.53. The monoisotopic (exact) mass is 265 g/mol. The van der Waals surface area contributed by atoms with Gasteiger partial charge in [-0.05, 0) is 32.4 Å². The Kier molecular flexibility index (Phi) is 5.99. The molecule has 1 aromatic rings. The smallest absolute Gasteiger partial charge is 0.331 e. The van der Waals surface area contributed by atoms with Crippen molar-refractivity contribution < 1.29 is 14.6 Å². The first kappa shape index (κ1) is 15.7. The number of hydrogen-bond donors (Lipinski definition) is 2. The molecule has 0 aliphatic carbocycles. The summed E-state index contributed by atoms with van der Waals surface area (Å²) in [6, 6.07) is 9.20. The van der Waals surface area contributed by atoms with E-state index in [-0.39, 0.29) is 12.7 Å². The van der Waals surface area contributed by atoms with Gasteiger partial charge in [-0.1, -0.05) is 37.3 Å². The van der Waals surface area contributed by atoms with E-state index in [1.54, 1.807) is 0 Å². The second kappa shape index (κ2) is 7.26. The Labute approximate surface area is 114 Å². The summed E-state index contributed by atoms with van der Waals surface area (Å²) in [5, 5.41) is 12.8. The van der Waals surface area contributed by atoms with Crippen LogP contribution in [0.5, 0.6) is 0 Å². The molecule has 1 unspecified atom stereocenters. The van der Waals surface area contributed by atoms with Crippen molar-refractivity contribution in [2.45, 2.75) is 38.8 Å². The molecule has 1 atom stereocenters. The summed E-state index contributed by atoms with van der Waals surface area (Å²) in [5.74, 6) is -0.909. The number of benzene rings is 1. The number of ether oxygens (including phenoxy) is 1. The van der Waals surface area contributed by atoms with Crippen LogP contribution in [0.1, 0.15) is 32.8 Å². The predicted octanol–water partition coefficient (Wildman–Crippen LogP) is 2.39. The lowest BCUT2D eigenvalue weighted by Gasteiger charge is -2.31. The summed E-state index contributed by atoms with van der Waals surface area (Å²) in [6.07, 6.45) is 0.856. The Morgan fingerprint density at radius 3 is 2.47 bits per heavy atom. The molecule has 0 bridgehead atoms.